The van der Waals surface area contributed by atoms with Crippen molar-refractivity contribution in [1.82, 2.24) is 24.9 Å². The van der Waals surface area contributed by atoms with Crippen LogP contribution in [0, 0.1) is 13.8 Å². The van der Waals surface area contributed by atoms with E-state index in [0.29, 0.717) is 11.6 Å². The maximum absolute atomic E-state index is 12.5. The summed E-state index contributed by atoms with van der Waals surface area (Å²) in [6.07, 6.45) is 3.32. The normalized spacial score (nSPS) is 16.6. The van der Waals surface area contributed by atoms with Crippen LogP contribution in [-0.4, -0.2) is 25.5 Å². The van der Waals surface area contributed by atoms with Crippen LogP contribution >= 0.6 is 0 Å². The summed E-state index contributed by atoms with van der Waals surface area (Å²) >= 11 is 0. The molecule has 2 aromatic heterocycles. The van der Waals surface area contributed by atoms with Crippen LogP contribution in [0.2, 0.25) is 0 Å². The van der Waals surface area contributed by atoms with Gasteiger partial charge in [0.1, 0.15) is 0 Å². The average molecular weight is 335 g/mol. The number of carbonyl (C=O) groups is 1. The van der Waals surface area contributed by atoms with Crippen LogP contribution in [0.1, 0.15) is 47.2 Å². The predicted molar refractivity (Wildman–Crippen MR) is 94.2 cm³/mol. The van der Waals surface area contributed by atoms with Gasteiger partial charge in [0.05, 0.1) is 12.5 Å². The fraction of sp³-hybridized carbons (Fsp3) is 0.368. The Kier molecular flexibility index (Phi) is 3.95. The number of carbonyl (C=O) groups excluding carboxylic acids is 1. The van der Waals surface area contributed by atoms with E-state index >= 15 is 0 Å². The van der Waals surface area contributed by atoms with E-state index in [2.05, 4.69) is 38.6 Å². The van der Waals surface area contributed by atoms with Crippen LogP contribution in [0.15, 0.2) is 30.3 Å². The zero-order valence-electron chi connectivity index (χ0n) is 14.5. The van der Waals surface area contributed by atoms with Gasteiger partial charge in [-0.2, -0.15) is 4.98 Å². The van der Waals surface area contributed by atoms with E-state index in [0.717, 1.165) is 30.7 Å². The molecule has 2 heterocycles. The first-order valence-electron chi connectivity index (χ1n) is 8.67. The molecule has 128 valence electrons. The average Bonchev–Trinajstić information content (AvgIpc) is 2.97. The highest BCUT2D eigenvalue weighted by Gasteiger charge is 2.22. The molecular formula is C19H21N5O. The van der Waals surface area contributed by atoms with E-state index < -0.39 is 0 Å². The second-order valence-electron chi connectivity index (χ2n) is 6.67. The molecule has 1 atom stereocenters. The first-order valence-corrected chi connectivity index (χ1v) is 8.67. The van der Waals surface area contributed by atoms with Gasteiger partial charge >= 0.3 is 0 Å². The highest BCUT2D eigenvalue weighted by atomic mass is 16.1. The molecule has 0 bridgehead atoms. The number of hydrogen-bond donors (Lipinski definition) is 1. The first kappa shape index (κ1) is 15.7. The molecular weight excluding hydrogens is 314 g/mol. The molecule has 0 radical (unpaired) electrons. The molecule has 0 aliphatic heterocycles. The van der Waals surface area contributed by atoms with Gasteiger partial charge in [-0.3, -0.25) is 4.79 Å². The number of aryl methyl sites for hydroxylation is 3. The van der Waals surface area contributed by atoms with Crippen LogP contribution in [0.25, 0.3) is 5.78 Å². The molecule has 0 saturated heterocycles. The summed E-state index contributed by atoms with van der Waals surface area (Å²) in [7, 11) is 0. The SMILES string of the molecule is Cc1cc(C)n2nc(CC(=O)NC3CCCc4ccccc43)nc2n1. The van der Waals surface area contributed by atoms with E-state index in [1.54, 1.807) is 4.52 Å². The molecule has 4 rings (SSSR count). The summed E-state index contributed by atoms with van der Waals surface area (Å²) in [5, 5.41) is 7.56. The molecule has 6 heteroatoms. The molecule has 1 aromatic carbocycles. The molecule has 1 unspecified atom stereocenters. The standard InChI is InChI=1S/C19H21N5O/c1-12-10-13(2)24-19(20-12)22-17(23-24)11-18(25)21-16-9-5-7-14-6-3-4-8-15(14)16/h3-4,6,8,10,16H,5,7,9,11H2,1-2H3,(H,21,25). The third-order valence-corrected chi connectivity index (χ3v) is 4.69. The van der Waals surface area contributed by atoms with Gasteiger partial charge in [-0.1, -0.05) is 24.3 Å². The number of fused-ring (bicyclic) bond motifs is 2. The smallest absolute Gasteiger partial charge is 0.252 e. The Balaban J connectivity index is 1.51. The van der Waals surface area contributed by atoms with E-state index in [1.807, 2.05) is 26.0 Å². The topological polar surface area (TPSA) is 72.2 Å². The van der Waals surface area contributed by atoms with Crippen molar-refractivity contribution >= 4 is 11.7 Å². The lowest BCUT2D eigenvalue weighted by molar-refractivity contribution is -0.121. The van der Waals surface area contributed by atoms with Crippen molar-refractivity contribution in [2.75, 3.05) is 0 Å². The fourth-order valence-electron chi connectivity index (χ4n) is 3.58. The maximum Gasteiger partial charge on any atom is 0.252 e. The second kappa shape index (κ2) is 6.27. The van der Waals surface area contributed by atoms with Gasteiger partial charge in [0, 0.05) is 11.4 Å². The number of nitrogens with zero attached hydrogens (tertiary/aromatic N) is 4. The molecule has 6 nitrogen and oxygen atoms in total. The molecule has 1 aliphatic rings. The second-order valence-corrected chi connectivity index (χ2v) is 6.67. The van der Waals surface area contributed by atoms with E-state index in [9.17, 15) is 4.79 Å². The van der Waals surface area contributed by atoms with E-state index in [1.165, 1.54) is 11.1 Å². The lowest BCUT2D eigenvalue weighted by Crippen LogP contribution is -2.32. The Hall–Kier alpha value is -2.76. The number of aromatic nitrogens is 4. The van der Waals surface area contributed by atoms with Crippen molar-refractivity contribution in [1.29, 1.82) is 0 Å². The van der Waals surface area contributed by atoms with Gasteiger partial charge in [-0.25, -0.2) is 9.50 Å². The van der Waals surface area contributed by atoms with Gasteiger partial charge in [-0.05, 0) is 50.3 Å². The summed E-state index contributed by atoms with van der Waals surface area (Å²) in [6.45, 7) is 3.88. The van der Waals surface area contributed by atoms with Crippen LogP contribution in [0.4, 0.5) is 0 Å². The van der Waals surface area contributed by atoms with Crippen LogP contribution in [0.5, 0.6) is 0 Å². The number of nitrogens with one attached hydrogen (secondary N) is 1. The molecule has 0 fully saturated rings. The van der Waals surface area contributed by atoms with Gasteiger partial charge < -0.3 is 5.32 Å². The minimum absolute atomic E-state index is 0.0491. The van der Waals surface area contributed by atoms with Gasteiger partial charge in [0.25, 0.3) is 5.78 Å². The lowest BCUT2D eigenvalue weighted by atomic mass is 9.87. The zero-order chi connectivity index (χ0) is 17.4. The summed E-state index contributed by atoms with van der Waals surface area (Å²) in [6, 6.07) is 10.4. The summed E-state index contributed by atoms with van der Waals surface area (Å²) < 4.78 is 1.69. The predicted octanol–water partition coefficient (Wildman–Crippen LogP) is 2.48. The van der Waals surface area contributed by atoms with Crippen molar-refractivity contribution in [3.05, 3.63) is 58.7 Å². The summed E-state index contributed by atoms with van der Waals surface area (Å²) in [5.41, 5.74) is 4.42. The maximum atomic E-state index is 12.5. The minimum Gasteiger partial charge on any atom is -0.349 e. The van der Waals surface area contributed by atoms with Crippen molar-refractivity contribution in [3.63, 3.8) is 0 Å². The van der Waals surface area contributed by atoms with Gasteiger partial charge in [-0.15, -0.1) is 5.10 Å². The fourth-order valence-corrected chi connectivity index (χ4v) is 3.58. The lowest BCUT2D eigenvalue weighted by Gasteiger charge is -2.26. The molecule has 1 amide bonds. The third-order valence-electron chi connectivity index (χ3n) is 4.69. The molecule has 0 spiro atoms. The van der Waals surface area contributed by atoms with Gasteiger partial charge in [0.2, 0.25) is 5.91 Å². The highest BCUT2D eigenvalue weighted by Crippen LogP contribution is 2.29. The van der Waals surface area contributed by atoms with Crippen LogP contribution in [-0.2, 0) is 17.6 Å². The van der Waals surface area contributed by atoms with Crippen LogP contribution < -0.4 is 5.32 Å². The number of amides is 1. The first-order chi connectivity index (χ1) is 12.1. The van der Waals surface area contributed by atoms with Crippen LogP contribution in [0.3, 0.4) is 0 Å². The zero-order valence-corrected chi connectivity index (χ0v) is 14.5. The molecule has 25 heavy (non-hydrogen) atoms. The Labute approximate surface area is 146 Å². The Morgan fingerprint density at radius 2 is 2.12 bits per heavy atom. The third kappa shape index (κ3) is 3.12. The quantitative estimate of drug-likeness (QED) is 0.798. The van der Waals surface area contributed by atoms with E-state index in [-0.39, 0.29) is 18.4 Å². The molecule has 3 aromatic rings. The molecule has 1 N–H and O–H groups in total. The summed E-state index contributed by atoms with van der Waals surface area (Å²) in [4.78, 5) is 21.3. The van der Waals surface area contributed by atoms with Gasteiger partial charge in [0.15, 0.2) is 5.82 Å². The van der Waals surface area contributed by atoms with Crippen molar-refractivity contribution in [2.45, 2.75) is 45.6 Å². The monoisotopic (exact) mass is 335 g/mol. The number of rotatable bonds is 3. The van der Waals surface area contributed by atoms with E-state index in [4.69, 9.17) is 0 Å². The minimum atomic E-state index is -0.0491. The number of benzene rings is 1. The summed E-state index contributed by atoms with van der Waals surface area (Å²) in [5.74, 6) is 0.998. The Morgan fingerprint density at radius 1 is 1.28 bits per heavy atom. The highest BCUT2D eigenvalue weighted by molar-refractivity contribution is 5.78. The molecule has 0 saturated carbocycles. The Bertz CT molecular complexity index is 946. The molecule has 1 aliphatic carbocycles. The van der Waals surface area contributed by atoms with Crippen molar-refractivity contribution in [3.8, 4) is 0 Å². The number of hydrogen-bond acceptors (Lipinski definition) is 4. The van der Waals surface area contributed by atoms with Crippen molar-refractivity contribution in [2.24, 2.45) is 0 Å². The van der Waals surface area contributed by atoms with Crippen molar-refractivity contribution < 1.29 is 4.79 Å². The largest absolute Gasteiger partial charge is 0.349 e. The Morgan fingerprint density at radius 3 is 3.00 bits per heavy atom.